The van der Waals surface area contributed by atoms with Crippen molar-refractivity contribution in [3.63, 3.8) is 0 Å². The maximum Gasteiger partial charge on any atom is 0.337 e. The Labute approximate surface area is 99.2 Å². The van der Waals surface area contributed by atoms with Crippen molar-refractivity contribution in [2.24, 2.45) is 0 Å². The molecule has 0 aliphatic rings. The molecule has 0 atom stereocenters. The number of hydrogen-bond acceptors (Lipinski definition) is 3. The van der Waals surface area contributed by atoms with Crippen molar-refractivity contribution in [2.75, 3.05) is 25.1 Å². The molecule has 4 nitrogen and oxygen atoms in total. The monoisotopic (exact) mass is 243 g/mol. The summed E-state index contributed by atoms with van der Waals surface area (Å²) in [5, 5.41) is 12.4. The molecule has 0 fully saturated rings. The van der Waals surface area contributed by atoms with Crippen LogP contribution in [0.1, 0.15) is 17.3 Å². The second-order valence-electron chi connectivity index (χ2n) is 3.12. The van der Waals surface area contributed by atoms with E-state index >= 15 is 0 Å². The molecule has 0 amide bonds. The lowest BCUT2D eigenvalue weighted by molar-refractivity contribution is 0.0698. The third-order valence-electron chi connectivity index (χ3n) is 1.98. The summed E-state index contributed by atoms with van der Waals surface area (Å²) in [4.78, 5) is 10.9. The molecule has 5 heteroatoms. The van der Waals surface area contributed by atoms with E-state index in [-0.39, 0.29) is 5.56 Å². The number of aromatic carboxylic acids is 1. The zero-order valence-electron chi connectivity index (χ0n) is 9.00. The Bertz CT molecular complexity index is 368. The molecule has 0 radical (unpaired) electrons. The standard InChI is InChI=1S/C11H14ClNO3/c1-2-16-6-5-13-10-7-8(12)3-4-9(10)11(14)15/h3-4,7,13H,2,5-6H2,1H3,(H,14,15). The lowest BCUT2D eigenvalue weighted by Crippen LogP contribution is -2.12. The quantitative estimate of drug-likeness (QED) is 0.754. The van der Waals surface area contributed by atoms with Crippen LogP contribution in [0.3, 0.4) is 0 Å². The molecule has 16 heavy (non-hydrogen) atoms. The molecule has 0 aliphatic heterocycles. The predicted octanol–water partition coefficient (Wildman–Crippen LogP) is 2.49. The highest BCUT2D eigenvalue weighted by molar-refractivity contribution is 6.31. The van der Waals surface area contributed by atoms with Gasteiger partial charge < -0.3 is 15.2 Å². The molecule has 0 aromatic heterocycles. The molecule has 1 aromatic carbocycles. The summed E-state index contributed by atoms with van der Waals surface area (Å²) in [6, 6.07) is 4.63. The van der Waals surface area contributed by atoms with Crippen LogP contribution in [-0.4, -0.2) is 30.8 Å². The van der Waals surface area contributed by atoms with Gasteiger partial charge in [0.15, 0.2) is 0 Å². The predicted molar refractivity (Wildman–Crippen MR) is 63.4 cm³/mol. The highest BCUT2D eigenvalue weighted by Crippen LogP contribution is 2.20. The maximum absolute atomic E-state index is 10.9. The van der Waals surface area contributed by atoms with Crippen LogP contribution < -0.4 is 5.32 Å². The Kier molecular flexibility index (Phi) is 5.08. The Balaban J connectivity index is 2.68. The summed E-state index contributed by atoms with van der Waals surface area (Å²) in [6.07, 6.45) is 0. The Morgan fingerprint density at radius 2 is 2.31 bits per heavy atom. The zero-order valence-corrected chi connectivity index (χ0v) is 9.75. The first-order valence-electron chi connectivity index (χ1n) is 4.99. The molecule has 1 rings (SSSR count). The average molecular weight is 244 g/mol. The fraction of sp³-hybridized carbons (Fsp3) is 0.364. The van der Waals surface area contributed by atoms with Gasteiger partial charge in [-0.25, -0.2) is 4.79 Å². The second kappa shape index (κ2) is 6.35. The van der Waals surface area contributed by atoms with E-state index < -0.39 is 5.97 Å². The van der Waals surface area contributed by atoms with Crippen molar-refractivity contribution in [2.45, 2.75) is 6.92 Å². The van der Waals surface area contributed by atoms with Gasteiger partial charge in [0.05, 0.1) is 17.9 Å². The molecular formula is C11H14ClNO3. The van der Waals surface area contributed by atoms with Crippen LogP contribution in [0.4, 0.5) is 5.69 Å². The van der Waals surface area contributed by atoms with Gasteiger partial charge in [0.1, 0.15) is 0 Å². The van der Waals surface area contributed by atoms with Gasteiger partial charge in [-0.2, -0.15) is 0 Å². The number of halogens is 1. The third kappa shape index (κ3) is 3.72. The average Bonchev–Trinajstić information content (AvgIpc) is 2.24. The van der Waals surface area contributed by atoms with Gasteiger partial charge in [0.2, 0.25) is 0 Å². The lowest BCUT2D eigenvalue weighted by atomic mass is 10.2. The van der Waals surface area contributed by atoms with Crippen LogP contribution in [0.5, 0.6) is 0 Å². The number of ether oxygens (including phenoxy) is 1. The first-order chi connectivity index (χ1) is 7.65. The van der Waals surface area contributed by atoms with E-state index in [0.717, 1.165) is 0 Å². The Morgan fingerprint density at radius 1 is 1.56 bits per heavy atom. The van der Waals surface area contributed by atoms with Gasteiger partial charge in [-0.05, 0) is 25.1 Å². The van der Waals surface area contributed by atoms with Crippen molar-refractivity contribution >= 4 is 23.3 Å². The highest BCUT2D eigenvalue weighted by Gasteiger charge is 2.09. The number of rotatable bonds is 6. The third-order valence-corrected chi connectivity index (χ3v) is 2.21. The summed E-state index contributed by atoms with van der Waals surface area (Å²) in [7, 11) is 0. The van der Waals surface area contributed by atoms with Gasteiger partial charge in [-0.3, -0.25) is 0 Å². The largest absolute Gasteiger partial charge is 0.478 e. The number of benzene rings is 1. The fourth-order valence-electron chi connectivity index (χ4n) is 1.25. The minimum Gasteiger partial charge on any atom is -0.478 e. The molecule has 0 bridgehead atoms. The summed E-state index contributed by atoms with van der Waals surface area (Å²) in [5.41, 5.74) is 0.723. The van der Waals surface area contributed by atoms with Crippen LogP contribution in [0.25, 0.3) is 0 Å². The molecule has 0 unspecified atom stereocenters. The van der Waals surface area contributed by atoms with Crippen molar-refractivity contribution in [1.82, 2.24) is 0 Å². The van der Waals surface area contributed by atoms with Gasteiger partial charge in [0.25, 0.3) is 0 Å². The summed E-state index contributed by atoms with van der Waals surface area (Å²) in [6.45, 7) is 3.63. The van der Waals surface area contributed by atoms with E-state index in [1.54, 1.807) is 12.1 Å². The van der Waals surface area contributed by atoms with E-state index in [1.807, 2.05) is 6.92 Å². The molecule has 0 saturated heterocycles. The molecule has 88 valence electrons. The van der Waals surface area contributed by atoms with Crippen molar-refractivity contribution in [3.05, 3.63) is 28.8 Å². The van der Waals surface area contributed by atoms with E-state index in [9.17, 15) is 4.79 Å². The van der Waals surface area contributed by atoms with E-state index in [4.69, 9.17) is 21.4 Å². The number of hydrogen-bond donors (Lipinski definition) is 2. The van der Waals surface area contributed by atoms with Crippen LogP contribution >= 0.6 is 11.6 Å². The maximum atomic E-state index is 10.9. The van der Waals surface area contributed by atoms with Crippen molar-refractivity contribution < 1.29 is 14.6 Å². The Morgan fingerprint density at radius 3 is 2.94 bits per heavy atom. The second-order valence-corrected chi connectivity index (χ2v) is 3.56. The normalized spacial score (nSPS) is 10.1. The molecule has 0 heterocycles. The first-order valence-corrected chi connectivity index (χ1v) is 5.37. The number of nitrogens with one attached hydrogen (secondary N) is 1. The number of carboxylic acids is 1. The van der Waals surface area contributed by atoms with E-state index in [2.05, 4.69) is 5.32 Å². The number of carboxylic acid groups (broad SMARTS) is 1. The molecule has 0 spiro atoms. The molecule has 0 aliphatic carbocycles. The number of anilines is 1. The summed E-state index contributed by atoms with van der Waals surface area (Å²) >= 11 is 5.80. The minimum absolute atomic E-state index is 0.209. The molecule has 2 N–H and O–H groups in total. The highest BCUT2D eigenvalue weighted by atomic mass is 35.5. The van der Waals surface area contributed by atoms with Gasteiger partial charge in [0, 0.05) is 18.2 Å². The molecule has 0 saturated carbocycles. The topological polar surface area (TPSA) is 58.6 Å². The number of carbonyl (C=O) groups is 1. The molecule has 1 aromatic rings. The van der Waals surface area contributed by atoms with Crippen LogP contribution in [0, 0.1) is 0 Å². The lowest BCUT2D eigenvalue weighted by Gasteiger charge is -2.09. The van der Waals surface area contributed by atoms with Crippen LogP contribution in [0.15, 0.2) is 18.2 Å². The van der Waals surface area contributed by atoms with E-state index in [1.165, 1.54) is 6.07 Å². The fourth-order valence-corrected chi connectivity index (χ4v) is 1.42. The van der Waals surface area contributed by atoms with Crippen LogP contribution in [0.2, 0.25) is 5.02 Å². The SMILES string of the molecule is CCOCCNc1cc(Cl)ccc1C(=O)O. The van der Waals surface area contributed by atoms with Crippen molar-refractivity contribution in [3.8, 4) is 0 Å². The molecular weight excluding hydrogens is 230 g/mol. The van der Waals surface area contributed by atoms with Crippen molar-refractivity contribution in [1.29, 1.82) is 0 Å². The van der Waals surface area contributed by atoms with Gasteiger partial charge >= 0.3 is 5.97 Å². The zero-order chi connectivity index (χ0) is 12.0. The van der Waals surface area contributed by atoms with Crippen LogP contribution in [-0.2, 0) is 4.74 Å². The minimum atomic E-state index is -0.976. The van der Waals surface area contributed by atoms with Gasteiger partial charge in [-0.1, -0.05) is 11.6 Å². The smallest absolute Gasteiger partial charge is 0.337 e. The first kappa shape index (κ1) is 12.8. The Hall–Kier alpha value is -1.26. The summed E-state index contributed by atoms with van der Waals surface area (Å²) in [5.74, 6) is -0.976. The van der Waals surface area contributed by atoms with E-state index in [0.29, 0.717) is 30.5 Å². The summed E-state index contributed by atoms with van der Waals surface area (Å²) < 4.78 is 5.14. The van der Waals surface area contributed by atoms with Gasteiger partial charge in [-0.15, -0.1) is 0 Å².